The Bertz CT molecular complexity index is 319. The Morgan fingerprint density at radius 3 is 2.60 bits per heavy atom. The van der Waals surface area contributed by atoms with Gasteiger partial charge < -0.3 is 15.2 Å². The maximum atomic E-state index is 11.4. The van der Waals surface area contributed by atoms with Crippen LogP contribution in [0.25, 0.3) is 0 Å². The van der Waals surface area contributed by atoms with Gasteiger partial charge in [-0.2, -0.15) is 0 Å². The summed E-state index contributed by atoms with van der Waals surface area (Å²) in [5.41, 5.74) is -0.268. The summed E-state index contributed by atoms with van der Waals surface area (Å²) >= 11 is 0. The van der Waals surface area contributed by atoms with E-state index in [0.717, 1.165) is 0 Å². The van der Waals surface area contributed by atoms with Crippen molar-refractivity contribution < 1.29 is 19.4 Å². The summed E-state index contributed by atoms with van der Waals surface area (Å²) in [4.78, 5) is 22.7. The van der Waals surface area contributed by atoms with Gasteiger partial charge in [0.1, 0.15) is 5.76 Å². The van der Waals surface area contributed by atoms with Crippen molar-refractivity contribution in [3.63, 3.8) is 0 Å². The second-order valence-electron chi connectivity index (χ2n) is 3.68. The molecule has 0 aliphatic carbocycles. The van der Waals surface area contributed by atoms with Crippen molar-refractivity contribution in [2.45, 2.75) is 26.8 Å². The SMILES string of the molecule is CCOC(=O)C1=C(O)[C@H](C(C)C)NC1=O. The second-order valence-corrected chi connectivity index (χ2v) is 3.68. The normalized spacial score (nSPS) is 20.8. The molecule has 1 heterocycles. The number of aliphatic hydroxyl groups is 1. The molecule has 84 valence electrons. The molecule has 15 heavy (non-hydrogen) atoms. The highest BCUT2D eigenvalue weighted by Crippen LogP contribution is 2.21. The molecule has 1 atom stereocenters. The molecule has 0 aromatic carbocycles. The zero-order chi connectivity index (χ0) is 11.6. The summed E-state index contributed by atoms with van der Waals surface area (Å²) in [6.45, 7) is 5.50. The van der Waals surface area contributed by atoms with Crippen LogP contribution in [0.4, 0.5) is 0 Å². The Kier molecular flexibility index (Phi) is 3.34. The molecule has 1 aliphatic heterocycles. The van der Waals surface area contributed by atoms with E-state index in [1.807, 2.05) is 13.8 Å². The minimum absolute atomic E-state index is 0.0286. The largest absolute Gasteiger partial charge is 0.509 e. The zero-order valence-electron chi connectivity index (χ0n) is 9.03. The lowest BCUT2D eigenvalue weighted by molar-refractivity contribution is -0.140. The number of carbonyl (C=O) groups is 2. The third-order valence-corrected chi connectivity index (χ3v) is 2.21. The lowest BCUT2D eigenvalue weighted by atomic mass is 10.0. The van der Waals surface area contributed by atoms with Gasteiger partial charge in [0.15, 0.2) is 5.57 Å². The quantitative estimate of drug-likeness (QED) is 0.529. The van der Waals surface area contributed by atoms with Gasteiger partial charge in [-0.1, -0.05) is 13.8 Å². The smallest absolute Gasteiger partial charge is 0.347 e. The number of carbonyl (C=O) groups excluding carboxylic acids is 2. The molecule has 0 aromatic heterocycles. The fourth-order valence-corrected chi connectivity index (χ4v) is 1.44. The van der Waals surface area contributed by atoms with Crippen molar-refractivity contribution in [1.82, 2.24) is 5.32 Å². The van der Waals surface area contributed by atoms with Crippen molar-refractivity contribution in [2.24, 2.45) is 5.92 Å². The molecule has 1 rings (SSSR count). The van der Waals surface area contributed by atoms with Crippen LogP contribution in [0.5, 0.6) is 0 Å². The van der Waals surface area contributed by atoms with Crippen LogP contribution in [-0.4, -0.2) is 29.6 Å². The molecule has 5 nitrogen and oxygen atoms in total. The highest BCUT2D eigenvalue weighted by molar-refractivity contribution is 6.18. The predicted octanol–water partition coefficient (Wildman–Crippen LogP) is 0.516. The number of hydrogen-bond acceptors (Lipinski definition) is 4. The van der Waals surface area contributed by atoms with E-state index in [4.69, 9.17) is 0 Å². The van der Waals surface area contributed by atoms with E-state index in [0.29, 0.717) is 0 Å². The van der Waals surface area contributed by atoms with Crippen molar-refractivity contribution in [3.05, 3.63) is 11.3 Å². The fourth-order valence-electron chi connectivity index (χ4n) is 1.44. The zero-order valence-corrected chi connectivity index (χ0v) is 9.03. The molecule has 0 bridgehead atoms. The van der Waals surface area contributed by atoms with Crippen molar-refractivity contribution >= 4 is 11.9 Å². The number of amides is 1. The first-order chi connectivity index (χ1) is 6.99. The van der Waals surface area contributed by atoms with E-state index in [2.05, 4.69) is 10.1 Å². The van der Waals surface area contributed by atoms with Crippen molar-refractivity contribution in [3.8, 4) is 0 Å². The molecule has 0 saturated heterocycles. The minimum Gasteiger partial charge on any atom is -0.509 e. The lowest BCUT2D eigenvalue weighted by Crippen LogP contribution is -2.33. The van der Waals surface area contributed by atoms with Crippen molar-refractivity contribution in [1.29, 1.82) is 0 Å². The van der Waals surface area contributed by atoms with Crippen LogP contribution in [0.1, 0.15) is 20.8 Å². The highest BCUT2D eigenvalue weighted by Gasteiger charge is 2.38. The molecule has 5 heteroatoms. The molecule has 0 saturated carbocycles. The summed E-state index contributed by atoms with van der Waals surface area (Å²) in [5, 5.41) is 12.2. The molecule has 1 aliphatic rings. The standard InChI is InChI=1S/C10H15NO4/c1-4-15-10(14)6-8(12)7(5(2)3)11-9(6)13/h5,7,12H,4H2,1-3H3,(H,11,13)/t7-/m0/s1. The minimum atomic E-state index is -0.768. The van der Waals surface area contributed by atoms with E-state index in [-0.39, 0.29) is 23.9 Å². The average Bonchev–Trinajstić information content (AvgIpc) is 2.42. The maximum Gasteiger partial charge on any atom is 0.347 e. The van der Waals surface area contributed by atoms with E-state index in [1.54, 1.807) is 6.92 Å². The van der Waals surface area contributed by atoms with Gasteiger partial charge in [-0.25, -0.2) is 4.79 Å². The van der Waals surface area contributed by atoms with Gasteiger partial charge in [-0.3, -0.25) is 4.79 Å². The second kappa shape index (κ2) is 4.33. The summed E-state index contributed by atoms with van der Waals surface area (Å²) in [5.74, 6) is -1.52. The molecular weight excluding hydrogens is 198 g/mol. The first-order valence-corrected chi connectivity index (χ1v) is 4.90. The summed E-state index contributed by atoms with van der Waals surface area (Å²) < 4.78 is 4.68. The van der Waals surface area contributed by atoms with Gasteiger partial charge in [0, 0.05) is 0 Å². The van der Waals surface area contributed by atoms with Gasteiger partial charge in [-0.15, -0.1) is 0 Å². The number of nitrogens with one attached hydrogen (secondary N) is 1. The summed E-state index contributed by atoms with van der Waals surface area (Å²) in [7, 11) is 0. The van der Waals surface area contributed by atoms with Gasteiger partial charge in [0.05, 0.1) is 12.6 Å². The first kappa shape index (κ1) is 11.6. The molecule has 1 amide bonds. The van der Waals surface area contributed by atoms with E-state index in [1.165, 1.54) is 0 Å². The van der Waals surface area contributed by atoms with Crippen molar-refractivity contribution in [2.75, 3.05) is 6.61 Å². The maximum absolute atomic E-state index is 11.4. The Labute approximate surface area is 88.1 Å². The van der Waals surface area contributed by atoms with Crippen LogP contribution in [-0.2, 0) is 14.3 Å². The topological polar surface area (TPSA) is 75.6 Å². The number of hydrogen-bond donors (Lipinski definition) is 2. The lowest BCUT2D eigenvalue weighted by Gasteiger charge is -2.14. The molecule has 0 aromatic rings. The molecule has 2 N–H and O–H groups in total. The number of esters is 1. The fraction of sp³-hybridized carbons (Fsp3) is 0.600. The van der Waals surface area contributed by atoms with Crippen LogP contribution in [0, 0.1) is 5.92 Å². The Morgan fingerprint density at radius 2 is 2.20 bits per heavy atom. The molecule has 0 unspecified atom stereocenters. The Hall–Kier alpha value is -1.52. The van der Waals surface area contributed by atoms with Crippen LogP contribution in [0.15, 0.2) is 11.3 Å². The first-order valence-electron chi connectivity index (χ1n) is 4.90. The number of ether oxygens (including phenoxy) is 1. The van der Waals surface area contributed by atoms with Crippen LogP contribution < -0.4 is 5.32 Å². The van der Waals surface area contributed by atoms with Crippen LogP contribution in [0.3, 0.4) is 0 Å². The van der Waals surface area contributed by atoms with Gasteiger partial charge in [-0.05, 0) is 12.8 Å². The molecule has 0 radical (unpaired) electrons. The third kappa shape index (κ3) is 2.11. The summed E-state index contributed by atoms with van der Waals surface area (Å²) in [6, 6.07) is -0.489. The number of rotatable bonds is 3. The third-order valence-electron chi connectivity index (χ3n) is 2.21. The molecule has 0 spiro atoms. The average molecular weight is 213 g/mol. The van der Waals surface area contributed by atoms with Crippen LogP contribution >= 0.6 is 0 Å². The Balaban J connectivity index is 2.94. The monoisotopic (exact) mass is 213 g/mol. The van der Waals surface area contributed by atoms with Gasteiger partial charge >= 0.3 is 5.97 Å². The predicted molar refractivity (Wildman–Crippen MR) is 53.1 cm³/mol. The van der Waals surface area contributed by atoms with E-state index >= 15 is 0 Å². The molecule has 0 fully saturated rings. The van der Waals surface area contributed by atoms with Gasteiger partial charge in [0.25, 0.3) is 5.91 Å². The van der Waals surface area contributed by atoms with E-state index < -0.39 is 17.9 Å². The van der Waals surface area contributed by atoms with Crippen LogP contribution in [0.2, 0.25) is 0 Å². The summed E-state index contributed by atoms with van der Waals surface area (Å²) in [6.07, 6.45) is 0. The Morgan fingerprint density at radius 1 is 1.60 bits per heavy atom. The van der Waals surface area contributed by atoms with E-state index in [9.17, 15) is 14.7 Å². The van der Waals surface area contributed by atoms with Gasteiger partial charge in [0.2, 0.25) is 0 Å². The number of aliphatic hydroxyl groups excluding tert-OH is 1. The highest BCUT2D eigenvalue weighted by atomic mass is 16.5. The molecular formula is C10H15NO4.